The number of aliphatic hydroxyl groups excluding tert-OH is 2. The van der Waals surface area contributed by atoms with Gasteiger partial charge in [-0.05, 0) is 25.5 Å². The summed E-state index contributed by atoms with van der Waals surface area (Å²) in [5, 5.41) is 26.9. The van der Waals surface area contributed by atoms with Crippen molar-refractivity contribution in [2.45, 2.75) is 37.9 Å². The highest BCUT2D eigenvalue weighted by Crippen LogP contribution is 2.37. The van der Waals surface area contributed by atoms with E-state index >= 15 is 0 Å². The third kappa shape index (κ3) is 4.74. The van der Waals surface area contributed by atoms with Crippen LogP contribution in [0.2, 0.25) is 0 Å². The topological polar surface area (TPSA) is 153 Å². The third-order valence-corrected chi connectivity index (χ3v) is 7.39. The van der Waals surface area contributed by atoms with Crippen molar-refractivity contribution in [3.05, 3.63) is 47.3 Å². The smallest absolute Gasteiger partial charge is 0.209 e. The first-order chi connectivity index (χ1) is 17.5. The van der Waals surface area contributed by atoms with Gasteiger partial charge in [-0.3, -0.25) is 0 Å². The van der Waals surface area contributed by atoms with Gasteiger partial charge >= 0.3 is 0 Å². The van der Waals surface area contributed by atoms with Crippen LogP contribution in [0.25, 0.3) is 11.0 Å². The molecule has 0 aliphatic carbocycles. The molecule has 1 fully saturated rings. The lowest BCUT2D eigenvalue weighted by Crippen LogP contribution is -2.33. The van der Waals surface area contributed by atoms with Crippen molar-refractivity contribution in [1.29, 1.82) is 0 Å². The highest BCUT2D eigenvalue weighted by Gasteiger charge is 2.44. The van der Waals surface area contributed by atoms with E-state index < -0.39 is 46.1 Å². The first kappa shape index (κ1) is 25.4. The molecule has 0 saturated carbocycles. The molecule has 0 amide bonds. The molecule has 1 aromatic carbocycles. The van der Waals surface area contributed by atoms with Crippen LogP contribution in [0.3, 0.4) is 0 Å². The Morgan fingerprint density at radius 2 is 2.03 bits per heavy atom. The molecule has 0 bridgehead atoms. The summed E-state index contributed by atoms with van der Waals surface area (Å²) in [6.07, 6.45) is -1.93. The first-order valence-corrected chi connectivity index (χ1v) is 13.3. The maximum atomic E-state index is 14.8. The molecule has 37 heavy (non-hydrogen) atoms. The molecule has 11 nitrogen and oxygen atoms in total. The fourth-order valence-electron chi connectivity index (χ4n) is 4.65. The highest BCUT2D eigenvalue weighted by atomic mass is 32.2. The van der Waals surface area contributed by atoms with E-state index in [4.69, 9.17) is 14.6 Å². The Labute approximate surface area is 212 Å². The van der Waals surface area contributed by atoms with Crippen LogP contribution in [0.1, 0.15) is 29.5 Å². The van der Waals surface area contributed by atoms with Gasteiger partial charge in [-0.2, -0.15) is 0 Å². The largest absolute Gasteiger partial charge is 0.488 e. The predicted octanol–water partition coefficient (Wildman–Crippen LogP) is 0.405. The number of hydrogen-bond donors (Lipinski definition) is 3. The fraction of sp³-hybridized carbons (Fsp3) is 0.417. The molecule has 0 spiro atoms. The highest BCUT2D eigenvalue weighted by molar-refractivity contribution is 7.89. The van der Waals surface area contributed by atoms with Gasteiger partial charge in [0, 0.05) is 13.2 Å². The van der Waals surface area contributed by atoms with Gasteiger partial charge in [0.05, 0.1) is 40.7 Å². The summed E-state index contributed by atoms with van der Waals surface area (Å²) in [5.74, 6) is 5.32. The minimum atomic E-state index is -3.78. The van der Waals surface area contributed by atoms with Crippen molar-refractivity contribution in [2.75, 3.05) is 30.9 Å². The van der Waals surface area contributed by atoms with Gasteiger partial charge in [-0.1, -0.05) is 11.8 Å². The Balaban J connectivity index is 1.55. The number of aliphatic hydroxyl groups is 2. The Morgan fingerprint density at radius 1 is 1.24 bits per heavy atom. The maximum Gasteiger partial charge on any atom is 0.209 e. The second kappa shape index (κ2) is 9.55. The van der Waals surface area contributed by atoms with Crippen LogP contribution >= 0.6 is 0 Å². The lowest BCUT2D eigenvalue weighted by Gasteiger charge is -2.28. The second-order valence-electron chi connectivity index (χ2n) is 9.10. The van der Waals surface area contributed by atoms with E-state index in [-0.39, 0.29) is 12.0 Å². The predicted molar refractivity (Wildman–Crippen MR) is 132 cm³/mol. The number of rotatable bonds is 4. The van der Waals surface area contributed by atoms with E-state index in [1.807, 2.05) is 11.9 Å². The van der Waals surface area contributed by atoms with Crippen LogP contribution in [0.15, 0.2) is 24.7 Å². The number of fused-ring (bicyclic) bond motifs is 2. The molecule has 196 valence electrons. The summed E-state index contributed by atoms with van der Waals surface area (Å²) in [6, 6.07) is 2.99. The summed E-state index contributed by atoms with van der Waals surface area (Å²) in [4.78, 5) is 10.5. The molecule has 4 N–H and O–H groups in total. The number of aromatic nitrogens is 3. The Bertz CT molecular complexity index is 1530. The molecule has 1 saturated heterocycles. The van der Waals surface area contributed by atoms with Crippen LogP contribution in [0.4, 0.5) is 10.1 Å². The van der Waals surface area contributed by atoms with Crippen molar-refractivity contribution in [2.24, 2.45) is 5.14 Å². The van der Waals surface area contributed by atoms with Gasteiger partial charge in [-0.25, -0.2) is 27.9 Å². The Morgan fingerprint density at radius 3 is 2.78 bits per heavy atom. The molecule has 4 heterocycles. The number of benzene rings is 1. The van der Waals surface area contributed by atoms with Crippen molar-refractivity contribution in [3.63, 3.8) is 0 Å². The van der Waals surface area contributed by atoms with Gasteiger partial charge in [0.1, 0.15) is 42.2 Å². The Kier molecular flexibility index (Phi) is 6.55. The number of hydrogen-bond acceptors (Lipinski definition) is 9. The average molecular weight is 532 g/mol. The van der Waals surface area contributed by atoms with E-state index in [1.54, 1.807) is 19.2 Å². The zero-order valence-corrected chi connectivity index (χ0v) is 20.9. The molecule has 2 aliphatic rings. The number of nitrogens with zero attached hydrogens (tertiary/aromatic N) is 4. The molecule has 5 rings (SSSR count). The zero-order valence-electron chi connectivity index (χ0n) is 20.1. The van der Waals surface area contributed by atoms with Crippen molar-refractivity contribution in [1.82, 2.24) is 14.5 Å². The van der Waals surface area contributed by atoms with Gasteiger partial charge in [0.2, 0.25) is 10.0 Å². The molecule has 13 heteroatoms. The number of likely N-dealkylation sites (N-methyl/N-ethyl adjacent to an activating group) is 1. The standard InChI is InChI=1S/C24H26FN5O6S/c1-13-19-14(3-4-15-16(25)5-6-17-22(15)35-9-8-29(17)2)11-30(23(19)28-12-27-13)24-21(32)20(31)18(36-24)7-10-37(26,33)34/h5-6,11-12,18,20-21,24,31-32H,7-10H2,1-2H3,(H2,26,33,34)/t18-,20+,21+,24+/m0/s1. The molecule has 0 radical (unpaired) electrons. The van der Waals surface area contributed by atoms with Crippen molar-refractivity contribution in [3.8, 4) is 17.6 Å². The van der Waals surface area contributed by atoms with Crippen LogP contribution in [0.5, 0.6) is 5.75 Å². The second-order valence-corrected chi connectivity index (χ2v) is 10.8. The molecular formula is C24H26FN5O6S. The fourth-order valence-corrected chi connectivity index (χ4v) is 5.21. The minimum absolute atomic E-state index is 0.0969. The monoisotopic (exact) mass is 531 g/mol. The SMILES string of the molecule is Cc1ncnc2c1c(C#Cc1c(F)ccc3c1OCCN3C)cn2[C@@H]1O[C@@H](CCS(N)(=O)=O)[C@@H](O)[C@H]1O. The number of primary sulfonamides is 1. The van der Waals surface area contributed by atoms with E-state index in [9.17, 15) is 23.0 Å². The quantitative estimate of drug-likeness (QED) is 0.406. The van der Waals surface area contributed by atoms with Crippen molar-refractivity contribution >= 4 is 26.7 Å². The number of anilines is 1. The van der Waals surface area contributed by atoms with Gasteiger partial charge in [0.15, 0.2) is 12.0 Å². The van der Waals surface area contributed by atoms with E-state index in [1.165, 1.54) is 17.0 Å². The average Bonchev–Trinajstić information content (AvgIpc) is 3.35. The van der Waals surface area contributed by atoms with Crippen molar-refractivity contribution < 1.29 is 32.5 Å². The molecular weight excluding hydrogens is 505 g/mol. The van der Waals surface area contributed by atoms with Gasteiger partial charge < -0.3 is 29.2 Å². The minimum Gasteiger partial charge on any atom is -0.488 e. The van der Waals surface area contributed by atoms with Crippen LogP contribution in [0, 0.1) is 24.6 Å². The molecule has 4 atom stereocenters. The van der Waals surface area contributed by atoms with Gasteiger partial charge in [0.25, 0.3) is 0 Å². The summed E-state index contributed by atoms with van der Waals surface area (Å²) >= 11 is 0. The van der Waals surface area contributed by atoms with E-state index in [0.29, 0.717) is 41.2 Å². The normalized spacial score (nSPS) is 23.5. The van der Waals surface area contributed by atoms with Crippen LogP contribution in [-0.4, -0.2) is 77.4 Å². The van der Waals surface area contributed by atoms with E-state index in [2.05, 4.69) is 21.8 Å². The van der Waals surface area contributed by atoms with Crippen LogP contribution in [-0.2, 0) is 14.8 Å². The van der Waals surface area contributed by atoms with Crippen LogP contribution < -0.4 is 14.8 Å². The zero-order chi connectivity index (χ0) is 26.5. The molecule has 3 aromatic rings. The lowest BCUT2D eigenvalue weighted by atomic mass is 10.1. The van der Waals surface area contributed by atoms with Gasteiger partial charge in [-0.15, -0.1) is 0 Å². The summed E-state index contributed by atoms with van der Waals surface area (Å²) in [6.45, 7) is 2.83. The molecule has 0 unspecified atom stereocenters. The number of aryl methyl sites for hydroxylation is 1. The lowest BCUT2D eigenvalue weighted by molar-refractivity contribution is -0.0350. The Hall–Kier alpha value is -3.28. The number of ether oxygens (including phenoxy) is 2. The first-order valence-electron chi connectivity index (χ1n) is 11.6. The molecule has 2 aromatic heterocycles. The number of sulfonamides is 1. The third-order valence-electron chi connectivity index (χ3n) is 6.59. The summed E-state index contributed by atoms with van der Waals surface area (Å²) in [5.41, 5.74) is 2.29. The summed E-state index contributed by atoms with van der Waals surface area (Å²) < 4.78 is 50.6. The van der Waals surface area contributed by atoms with E-state index in [0.717, 1.165) is 5.69 Å². The number of halogens is 1. The molecule has 2 aliphatic heterocycles. The maximum absolute atomic E-state index is 14.8. The number of nitrogens with two attached hydrogens (primary N) is 1. The summed E-state index contributed by atoms with van der Waals surface area (Å²) in [7, 11) is -1.89.